The Bertz CT molecular complexity index is 1920. The van der Waals surface area contributed by atoms with Gasteiger partial charge in [-0.15, -0.1) is 0 Å². The Kier molecular flexibility index (Phi) is 12.9. The molecule has 1 aromatic carbocycles. The molecule has 9 atom stereocenters. The largest absolute Gasteiger partial charge is 0.505 e. The summed E-state index contributed by atoms with van der Waals surface area (Å²) < 4.78 is 22.3. The molecule has 7 N–H and O–H groups in total. The lowest BCUT2D eigenvalue weighted by Gasteiger charge is -2.39. The molecule has 15 nitrogen and oxygen atoms in total. The Morgan fingerprint density at radius 3 is 2.11 bits per heavy atom. The molecule has 1 amide bonds. The fourth-order valence-corrected chi connectivity index (χ4v) is 7.28. The van der Waals surface area contributed by atoms with Crippen LogP contribution in [0.1, 0.15) is 76.9 Å². The molecule has 3 heterocycles. The molecule has 15 heteroatoms. The van der Waals surface area contributed by atoms with Gasteiger partial charge in [0.15, 0.2) is 11.5 Å². The van der Waals surface area contributed by atoms with E-state index in [4.69, 9.17) is 18.9 Å². The van der Waals surface area contributed by atoms with E-state index in [0.29, 0.717) is 0 Å². The number of hydrogen-bond donors (Lipinski definition) is 7. The van der Waals surface area contributed by atoms with Crippen LogP contribution in [0.25, 0.3) is 5.57 Å². The maximum Gasteiger partial charge on any atom is 0.313 e. The number of allylic oxidation sites excluding steroid dienone is 5. The van der Waals surface area contributed by atoms with E-state index in [2.05, 4.69) is 5.32 Å². The molecule has 0 aromatic heterocycles. The first kappa shape index (κ1) is 42.9. The number of fused-ring (bicyclic) bond motifs is 14. The summed E-state index contributed by atoms with van der Waals surface area (Å²) in [6, 6.07) is 0. The van der Waals surface area contributed by atoms with Crippen LogP contribution >= 0.6 is 0 Å². The topological polar surface area (TPSA) is 239 Å². The fraction of sp³-hybridized carbons (Fsp3) is 0.500. The van der Waals surface area contributed by atoms with Gasteiger partial charge >= 0.3 is 11.9 Å². The number of amides is 1. The van der Waals surface area contributed by atoms with Gasteiger partial charge < -0.3 is 54.9 Å². The lowest BCUT2D eigenvalue weighted by atomic mass is 9.75. The van der Waals surface area contributed by atoms with E-state index in [9.17, 15) is 49.8 Å². The van der Waals surface area contributed by atoms with Gasteiger partial charge in [-0.3, -0.25) is 19.2 Å². The van der Waals surface area contributed by atoms with Gasteiger partial charge in [-0.05, 0) is 46.3 Å². The minimum Gasteiger partial charge on any atom is -0.505 e. The molecule has 1 aromatic rings. The summed E-state index contributed by atoms with van der Waals surface area (Å²) in [4.78, 5) is 53.0. The number of methoxy groups -OCH3 is 1. The molecule has 0 radical (unpaired) electrons. The Morgan fingerprint density at radius 2 is 1.51 bits per heavy atom. The Labute approximate surface area is 319 Å². The number of phenols is 1. The van der Waals surface area contributed by atoms with Crippen LogP contribution in [0.2, 0.25) is 0 Å². The number of Topliss-reactive ketones (excluding diaryl/α,β-unsaturated/α-hetero) is 1. The number of nitrogens with one attached hydrogen (secondary N) is 1. The van der Waals surface area contributed by atoms with Crippen molar-refractivity contribution in [2.45, 2.75) is 92.3 Å². The van der Waals surface area contributed by atoms with Crippen molar-refractivity contribution < 1.29 is 68.8 Å². The number of anilines is 1. The molecule has 0 unspecified atom stereocenters. The summed E-state index contributed by atoms with van der Waals surface area (Å²) in [7, 11) is 1.06. The van der Waals surface area contributed by atoms with Crippen molar-refractivity contribution >= 4 is 34.9 Å². The minimum atomic E-state index is -2.17. The van der Waals surface area contributed by atoms with Gasteiger partial charge in [0.1, 0.15) is 28.8 Å². The fourth-order valence-electron chi connectivity index (χ4n) is 7.28. The highest BCUT2D eigenvalue weighted by molar-refractivity contribution is 6.21. The van der Waals surface area contributed by atoms with Crippen LogP contribution < -0.4 is 10.1 Å². The van der Waals surface area contributed by atoms with Crippen LogP contribution in [0.15, 0.2) is 52.5 Å². The average molecular weight is 770 g/mol. The molecule has 4 bridgehead atoms. The van der Waals surface area contributed by atoms with Crippen LogP contribution in [0, 0.1) is 30.6 Å². The number of aromatic hydroxyl groups is 1. The highest BCUT2D eigenvalue weighted by atomic mass is 16.7. The molecular formula is C40H51NO14. The van der Waals surface area contributed by atoms with E-state index in [1.807, 2.05) is 0 Å². The van der Waals surface area contributed by atoms with Crippen molar-refractivity contribution in [1.82, 2.24) is 0 Å². The standard InChI is InChI=1S/C40H51NO14/c1-16-12-11-13-17(2)38(49)41-28-19(4)36(55-23(8)42)24-25(33(28)47)31(45)21(6)35-26(24)34(53-15-54-35)18(3)14-40(9,51)37(48)22(7)32(46)27(39(50)52-10)30(44)20(5)29(16)43/h11-14,16,20,22,27,29-30,32,37,43-44,46-48,51H,15H2,1-10H3,(H,41,49)/t16-,20-,22+,27-,29-,30-,32-,37-,40+/m1/s1. The van der Waals surface area contributed by atoms with E-state index in [1.165, 1.54) is 66.7 Å². The SMILES string of the molecule is COC(=O)[C@@H]1[C@H](O)[C@H](C)[C@H](O)[C@H](C)C=CC=C(C)C(=O)Nc2c(C)c(OC(C)=O)c3c(c2O)C(=O)C(C)=C2OCOC(=C23)C(C)=C[C@](C)(O)[C@H](O)[C@@H](C)[C@H]1O. The molecule has 0 saturated heterocycles. The maximum absolute atomic E-state index is 14.0. The van der Waals surface area contributed by atoms with E-state index in [0.717, 1.165) is 14.0 Å². The zero-order chi connectivity index (χ0) is 41.4. The van der Waals surface area contributed by atoms with Gasteiger partial charge in [-0.2, -0.15) is 0 Å². The Morgan fingerprint density at radius 1 is 0.909 bits per heavy atom. The highest BCUT2D eigenvalue weighted by Crippen LogP contribution is 2.53. The number of ether oxygens (including phenoxy) is 4. The van der Waals surface area contributed by atoms with Crippen molar-refractivity contribution in [3.05, 3.63) is 69.2 Å². The minimum absolute atomic E-state index is 0.00256. The predicted molar refractivity (Wildman–Crippen MR) is 198 cm³/mol. The monoisotopic (exact) mass is 769 g/mol. The summed E-state index contributed by atoms with van der Waals surface area (Å²) in [6.45, 7) is 12.3. The molecule has 3 aliphatic heterocycles. The number of aliphatic hydroxyl groups is 5. The number of rotatable bonds is 2. The summed E-state index contributed by atoms with van der Waals surface area (Å²) in [5.74, 6) is -8.68. The van der Waals surface area contributed by atoms with E-state index >= 15 is 0 Å². The number of benzene rings is 1. The summed E-state index contributed by atoms with van der Waals surface area (Å²) >= 11 is 0. The second kappa shape index (κ2) is 16.5. The summed E-state index contributed by atoms with van der Waals surface area (Å²) in [6.07, 6.45) is -0.878. The number of esters is 2. The van der Waals surface area contributed by atoms with Crippen molar-refractivity contribution in [2.24, 2.45) is 23.7 Å². The van der Waals surface area contributed by atoms with Crippen molar-refractivity contribution in [1.29, 1.82) is 0 Å². The molecule has 55 heavy (non-hydrogen) atoms. The van der Waals surface area contributed by atoms with Crippen LogP contribution in [0.4, 0.5) is 5.69 Å². The van der Waals surface area contributed by atoms with Crippen LogP contribution in [-0.2, 0) is 28.6 Å². The number of aliphatic hydroxyl groups excluding tert-OH is 4. The summed E-state index contributed by atoms with van der Waals surface area (Å²) in [5, 5.41) is 71.8. The molecule has 1 aliphatic carbocycles. The first-order valence-electron chi connectivity index (χ1n) is 17.8. The maximum atomic E-state index is 14.0. The van der Waals surface area contributed by atoms with Crippen molar-refractivity contribution in [3.8, 4) is 11.5 Å². The van der Waals surface area contributed by atoms with Crippen LogP contribution in [0.5, 0.6) is 11.5 Å². The highest BCUT2D eigenvalue weighted by Gasteiger charge is 2.47. The smallest absolute Gasteiger partial charge is 0.313 e. The van der Waals surface area contributed by atoms with Gasteiger partial charge in [-0.1, -0.05) is 39.0 Å². The third-order valence-corrected chi connectivity index (χ3v) is 10.6. The van der Waals surface area contributed by atoms with Crippen molar-refractivity contribution in [3.63, 3.8) is 0 Å². The van der Waals surface area contributed by atoms with Crippen LogP contribution in [-0.4, -0.2) is 98.2 Å². The molecule has 300 valence electrons. The molecule has 0 spiro atoms. The van der Waals surface area contributed by atoms with E-state index in [-0.39, 0.29) is 61.9 Å². The van der Waals surface area contributed by atoms with E-state index in [1.54, 1.807) is 13.0 Å². The van der Waals surface area contributed by atoms with Gasteiger partial charge in [-0.25, -0.2) is 0 Å². The van der Waals surface area contributed by atoms with E-state index < -0.39 is 89.9 Å². The zero-order valence-corrected chi connectivity index (χ0v) is 32.6. The molecule has 4 aliphatic rings. The second-order valence-electron chi connectivity index (χ2n) is 14.7. The third kappa shape index (κ3) is 8.12. The lowest BCUT2D eigenvalue weighted by Crippen LogP contribution is -2.53. The first-order chi connectivity index (χ1) is 25.6. The molecular weight excluding hydrogens is 718 g/mol. The molecule has 5 rings (SSSR count). The van der Waals surface area contributed by atoms with Gasteiger partial charge in [0, 0.05) is 47.0 Å². The third-order valence-electron chi connectivity index (χ3n) is 10.6. The van der Waals surface area contributed by atoms with Gasteiger partial charge in [0.05, 0.1) is 48.3 Å². The number of ketones is 1. The molecule has 0 saturated carbocycles. The number of phenolic OH excluding ortho intramolecular Hbond substituents is 1. The average Bonchev–Trinajstić information content (AvgIpc) is 3.13. The predicted octanol–water partition coefficient (Wildman–Crippen LogP) is 3.10. The normalized spacial score (nSPS) is 30.8. The number of hydrogen-bond acceptors (Lipinski definition) is 14. The molecule has 0 fully saturated rings. The number of carbonyl (C=O) groups excluding carboxylic acids is 4. The quantitative estimate of drug-likeness (QED) is 0.130. The Hall–Kier alpha value is -4.80. The van der Waals surface area contributed by atoms with Gasteiger partial charge in [0.2, 0.25) is 6.79 Å². The summed E-state index contributed by atoms with van der Waals surface area (Å²) in [5.41, 5.74) is -2.34. The lowest BCUT2D eigenvalue weighted by molar-refractivity contribution is -0.168. The Balaban J connectivity index is 2.07. The zero-order valence-electron chi connectivity index (χ0n) is 32.6. The van der Waals surface area contributed by atoms with Gasteiger partial charge in [0.25, 0.3) is 5.91 Å². The van der Waals surface area contributed by atoms with Crippen molar-refractivity contribution in [2.75, 3.05) is 19.2 Å². The number of carbonyl (C=O) groups is 4. The van der Waals surface area contributed by atoms with Crippen LogP contribution in [0.3, 0.4) is 0 Å². The first-order valence-corrected chi connectivity index (χ1v) is 17.8. The second-order valence-corrected chi connectivity index (χ2v) is 14.7.